The molecule has 1 unspecified atom stereocenters. The van der Waals surface area contributed by atoms with E-state index in [0.717, 1.165) is 5.56 Å². The monoisotopic (exact) mass is 561 g/mol. The number of amides is 1. The van der Waals surface area contributed by atoms with Crippen molar-refractivity contribution < 1.29 is 28.6 Å². The van der Waals surface area contributed by atoms with E-state index in [2.05, 4.69) is 22.3 Å². The normalized spacial score (nSPS) is 18.1. The van der Waals surface area contributed by atoms with Gasteiger partial charge in [0.05, 0.1) is 5.57 Å². The zero-order chi connectivity index (χ0) is 27.1. The highest BCUT2D eigenvalue weighted by Gasteiger charge is 2.50. The van der Waals surface area contributed by atoms with Crippen molar-refractivity contribution >= 4 is 45.7 Å². The number of carbonyl (C=O) groups is 2. The van der Waals surface area contributed by atoms with Crippen LogP contribution in [0.3, 0.4) is 0 Å². The lowest BCUT2D eigenvalue weighted by atomic mass is 9.99. The molecule has 0 spiro atoms. The van der Waals surface area contributed by atoms with Crippen LogP contribution in [0.15, 0.2) is 68.9 Å². The fraction of sp³-hybridized carbons (Fsp3) is 0.214. The number of rotatable bonds is 6. The number of furan rings is 1. The molecule has 1 saturated heterocycles. The first-order valence-electron chi connectivity index (χ1n) is 12.2. The molecule has 9 nitrogen and oxygen atoms in total. The van der Waals surface area contributed by atoms with Crippen molar-refractivity contribution in [2.75, 3.05) is 18.1 Å². The highest BCUT2D eigenvalue weighted by atomic mass is 32.2. The number of aromatic nitrogens is 2. The Morgan fingerprint density at radius 2 is 1.79 bits per heavy atom. The summed E-state index contributed by atoms with van der Waals surface area (Å²) in [6.07, 6.45) is 0. The van der Waals surface area contributed by atoms with Gasteiger partial charge in [0, 0.05) is 11.3 Å². The number of Topliss-reactive ketones (excluding diaryl/α,β-unsaturated/α-hetero) is 1. The summed E-state index contributed by atoms with van der Waals surface area (Å²) < 4.78 is 17.7. The summed E-state index contributed by atoms with van der Waals surface area (Å²) in [6, 6.07) is 15.5. The van der Waals surface area contributed by atoms with E-state index >= 15 is 0 Å². The average molecular weight is 562 g/mol. The van der Waals surface area contributed by atoms with Gasteiger partial charge in [0.2, 0.25) is 5.13 Å². The molecule has 2 aromatic heterocycles. The number of aliphatic hydroxyl groups excluding tert-OH is 1. The molecule has 2 aromatic carbocycles. The summed E-state index contributed by atoms with van der Waals surface area (Å²) in [5, 5.41) is 20.1. The van der Waals surface area contributed by atoms with E-state index in [0.29, 0.717) is 51.9 Å². The Hall–Kier alpha value is -4.09. The van der Waals surface area contributed by atoms with Gasteiger partial charge < -0.3 is 19.0 Å². The third-order valence-electron chi connectivity index (χ3n) is 6.38. The number of nitrogens with zero attached hydrogens (tertiary/aromatic N) is 3. The van der Waals surface area contributed by atoms with Gasteiger partial charge >= 0.3 is 5.91 Å². The number of fused-ring (bicyclic) bond motifs is 1. The number of ketones is 1. The Morgan fingerprint density at radius 3 is 2.54 bits per heavy atom. The molecule has 11 heteroatoms. The number of hydrogen-bond acceptors (Lipinski definition) is 10. The molecule has 1 N–H and O–H groups in total. The molecule has 6 rings (SSSR count). The van der Waals surface area contributed by atoms with Gasteiger partial charge in [0.15, 0.2) is 15.8 Å². The second-order valence-corrected chi connectivity index (χ2v) is 11.3. The van der Waals surface area contributed by atoms with E-state index in [1.165, 1.54) is 33.6 Å². The number of carbonyl (C=O) groups excluding carboxylic acids is 2. The Labute approximate surface area is 232 Å². The third-order valence-corrected chi connectivity index (χ3v) is 8.50. The molecule has 1 fully saturated rings. The predicted octanol–water partition coefficient (Wildman–Crippen LogP) is 5.44. The molecule has 2 aliphatic rings. The number of ether oxygens (including phenoxy) is 2. The SMILES string of the molecule is Cc1ccc(CSc2nnc(N3C(=O)C(=O)/C(=C(/O)c4ccc5c(c4)OCCO5)C3c3ccc(C)o3)s2)cc1. The molecule has 1 atom stereocenters. The van der Waals surface area contributed by atoms with E-state index in [9.17, 15) is 14.7 Å². The van der Waals surface area contributed by atoms with Crippen molar-refractivity contribution in [2.24, 2.45) is 0 Å². The molecule has 0 saturated carbocycles. The third kappa shape index (κ3) is 4.79. The Morgan fingerprint density at radius 1 is 1.03 bits per heavy atom. The average Bonchev–Trinajstić information content (AvgIpc) is 3.66. The second-order valence-electron chi connectivity index (χ2n) is 9.10. The predicted molar refractivity (Wildman–Crippen MR) is 146 cm³/mol. The standard InChI is InChI=1S/C28H23N3O6S2/c1-15-3-6-17(7-4-15)14-38-28-30-29-27(39-28)31-23(20-9-5-16(2)37-20)22(25(33)26(31)34)24(32)18-8-10-19-21(13-18)36-12-11-35-19/h3-10,13,23,32H,11-12,14H2,1-2H3/b24-22+. The molecule has 0 radical (unpaired) electrons. The minimum Gasteiger partial charge on any atom is -0.507 e. The van der Waals surface area contributed by atoms with Crippen LogP contribution in [0.5, 0.6) is 11.5 Å². The summed E-state index contributed by atoms with van der Waals surface area (Å²) in [6.45, 7) is 4.60. The van der Waals surface area contributed by atoms with Crippen LogP contribution in [-0.4, -0.2) is 40.2 Å². The van der Waals surface area contributed by atoms with Gasteiger partial charge in [-0.05, 0) is 49.7 Å². The Bertz CT molecular complexity index is 1610. The Kier molecular flexibility index (Phi) is 6.61. The molecule has 4 aromatic rings. The largest absolute Gasteiger partial charge is 0.507 e. The van der Waals surface area contributed by atoms with Crippen molar-refractivity contribution in [1.82, 2.24) is 10.2 Å². The minimum absolute atomic E-state index is 0.102. The van der Waals surface area contributed by atoms with Gasteiger partial charge in [-0.1, -0.05) is 52.9 Å². The molecule has 198 valence electrons. The van der Waals surface area contributed by atoms with E-state index < -0.39 is 17.7 Å². The van der Waals surface area contributed by atoms with Gasteiger partial charge in [-0.2, -0.15) is 0 Å². The van der Waals surface area contributed by atoms with Crippen LogP contribution < -0.4 is 14.4 Å². The molecular weight excluding hydrogens is 538 g/mol. The zero-order valence-electron chi connectivity index (χ0n) is 21.0. The summed E-state index contributed by atoms with van der Waals surface area (Å²) in [4.78, 5) is 28.0. The molecule has 4 heterocycles. The second kappa shape index (κ2) is 10.2. The number of aryl methyl sites for hydroxylation is 2. The van der Waals surface area contributed by atoms with Gasteiger partial charge in [0.1, 0.15) is 36.5 Å². The Balaban J connectivity index is 1.36. The molecule has 0 aliphatic carbocycles. The number of benzene rings is 2. The number of aliphatic hydroxyl groups is 1. The maximum Gasteiger partial charge on any atom is 0.302 e. The maximum absolute atomic E-state index is 13.4. The first-order chi connectivity index (χ1) is 18.9. The fourth-order valence-electron chi connectivity index (χ4n) is 4.43. The van der Waals surface area contributed by atoms with Crippen molar-refractivity contribution in [3.05, 3.63) is 88.4 Å². The van der Waals surface area contributed by atoms with Crippen molar-refractivity contribution in [3.63, 3.8) is 0 Å². The minimum atomic E-state index is -1.02. The van der Waals surface area contributed by atoms with Gasteiger partial charge in [-0.3, -0.25) is 14.5 Å². The quantitative estimate of drug-likeness (QED) is 0.108. The van der Waals surface area contributed by atoms with Gasteiger partial charge in [0.25, 0.3) is 5.78 Å². The van der Waals surface area contributed by atoms with Crippen LogP contribution >= 0.6 is 23.1 Å². The van der Waals surface area contributed by atoms with Crippen molar-refractivity contribution in [1.29, 1.82) is 0 Å². The van der Waals surface area contributed by atoms with Crippen LogP contribution in [0.1, 0.15) is 34.3 Å². The van der Waals surface area contributed by atoms with Crippen LogP contribution in [0.25, 0.3) is 5.76 Å². The topological polar surface area (TPSA) is 115 Å². The van der Waals surface area contributed by atoms with E-state index in [-0.39, 0.29) is 16.5 Å². The lowest BCUT2D eigenvalue weighted by Gasteiger charge is -2.21. The fourth-order valence-corrected chi connectivity index (χ4v) is 6.26. The first kappa shape index (κ1) is 25.2. The van der Waals surface area contributed by atoms with Crippen LogP contribution in [0.2, 0.25) is 0 Å². The van der Waals surface area contributed by atoms with Crippen molar-refractivity contribution in [3.8, 4) is 11.5 Å². The van der Waals surface area contributed by atoms with Crippen LogP contribution in [-0.2, 0) is 15.3 Å². The zero-order valence-corrected chi connectivity index (χ0v) is 22.7. The highest BCUT2D eigenvalue weighted by Crippen LogP contribution is 2.45. The molecule has 39 heavy (non-hydrogen) atoms. The van der Waals surface area contributed by atoms with Crippen LogP contribution in [0.4, 0.5) is 5.13 Å². The van der Waals surface area contributed by atoms with Gasteiger partial charge in [-0.15, -0.1) is 10.2 Å². The summed E-state index contributed by atoms with van der Waals surface area (Å²) >= 11 is 2.69. The maximum atomic E-state index is 13.4. The first-order valence-corrected chi connectivity index (χ1v) is 14.0. The molecule has 2 aliphatic heterocycles. The number of anilines is 1. The molecule has 0 bridgehead atoms. The summed E-state index contributed by atoms with van der Waals surface area (Å²) in [5.74, 6) is 0.593. The number of hydrogen-bond donors (Lipinski definition) is 1. The highest BCUT2D eigenvalue weighted by molar-refractivity contribution is 8.00. The van der Waals surface area contributed by atoms with E-state index in [1.807, 2.05) is 19.1 Å². The van der Waals surface area contributed by atoms with E-state index in [4.69, 9.17) is 13.9 Å². The summed E-state index contributed by atoms with van der Waals surface area (Å²) in [7, 11) is 0. The summed E-state index contributed by atoms with van der Waals surface area (Å²) in [5.41, 5.74) is 2.53. The molecule has 1 amide bonds. The smallest absolute Gasteiger partial charge is 0.302 e. The lowest BCUT2D eigenvalue weighted by molar-refractivity contribution is -0.132. The van der Waals surface area contributed by atoms with Crippen molar-refractivity contribution in [2.45, 2.75) is 30.0 Å². The number of thioether (sulfide) groups is 1. The van der Waals surface area contributed by atoms with Crippen LogP contribution in [0, 0.1) is 13.8 Å². The lowest BCUT2D eigenvalue weighted by Crippen LogP contribution is -2.29. The van der Waals surface area contributed by atoms with Gasteiger partial charge in [-0.25, -0.2) is 0 Å². The molecular formula is C28H23N3O6S2. The van der Waals surface area contributed by atoms with E-state index in [1.54, 1.807) is 37.3 Å².